The number of benzene rings is 4. The summed E-state index contributed by atoms with van der Waals surface area (Å²) in [6, 6.07) is 30.0. The van der Waals surface area contributed by atoms with Gasteiger partial charge in [-0.2, -0.15) is 0 Å². The molecule has 0 atom stereocenters. The van der Waals surface area contributed by atoms with Gasteiger partial charge in [-0.15, -0.1) is 0 Å². The van der Waals surface area contributed by atoms with Gasteiger partial charge in [-0.05, 0) is 60.0 Å². The van der Waals surface area contributed by atoms with Crippen LogP contribution in [0.1, 0.15) is 23.1 Å². The van der Waals surface area contributed by atoms with E-state index in [1.807, 2.05) is 54.6 Å². The molecule has 0 bridgehead atoms. The lowest BCUT2D eigenvalue weighted by Crippen LogP contribution is -2.13. The van der Waals surface area contributed by atoms with Crippen LogP contribution < -0.4 is 21.1 Å². The summed E-state index contributed by atoms with van der Waals surface area (Å²) in [4.78, 5) is 24.4. The van der Waals surface area contributed by atoms with E-state index in [4.69, 9.17) is 5.73 Å². The summed E-state index contributed by atoms with van der Waals surface area (Å²) >= 11 is 0. The van der Waals surface area contributed by atoms with Crippen molar-refractivity contribution in [3.05, 3.63) is 120 Å². The van der Waals surface area contributed by atoms with Gasteiger partial charge in [-0.25, -0.2) is 8.42 Å². The number of carbonyl (C=O) groups excluding carboxylic acids is 2. The molecule has 2 amide bonds. The lowest BCUT2D eigenvalue weighted by Gasteiger charge is -2.15. The topological polar surface area (TPSA) is 130 Å². The van der Waals surface area contributed by atoms with Gasteiger partial charge in [-0.1, -0.05) is 60.7 Å². The van der Waals surface area contributed by atoms with E-state index in [-0.39, 0.29) is 23.1 Å². The summed E-state index contributed by atoms with van der Waals surface area (Å²) < 4.78 is 28.9. The number of primary amides is 1. The summed E-state index contributed by atoms with van der Waals surface area (Å²) in [5.74, 6) is -0.709. The Bertz CT molecular complexity index is 1670. The Morgan fingerprint density at radius 1 is 0.821 bits per heavy atom. The molecule has 1 aliphatic rings. The number of rotatable bonds is 9. The van der Waals surface area contributed by atoms with E-state index >= 15 is 0 Å². The molecule has 0 radical (unpaired) electrons. The lowest BCUT2D eigenvalue weighted by atomic mass is 10.00. The van der Waals surface area contributed by atoms with Gasteiger partial charge < -0.3 is 16.4 Å². The second-order valence-electron chi connectivity index (χ2n) is 9.04. The Kier molecular flexibility index (Phi) is 7.16. The van der Waals surface area contributed by atoms with Gasteiger partial charge in [-0.3, -0.25) is 14.3 Å². The molecule has 8 nitrogen and oxygen atoms in total. The minimum absolute atomic E-state index is 0.0327. The largest absolute Gasteiger partial charge is 0.370 e. The van der Waals surface area contributed by atoms with Crippen molar-refractivity contribution in [3.8, 4) is 0 Å². The molecule has 0 aliphatic carbocycles. The molecule has 5 rings (SSSR count). The molecule has 39 heavy (non-hydrogen) atoms. The number of sulfonamides is 1. The lowest BCUT2D eigenvalue weighted by molar-refractivity contribution is -0.118. The van der Waals surface area contributed by atoms with E-state index in [0.717, 1.165) is 16.8 Å². The van der Waals surface area contributed by atoms with Gasteiger partial charge in [0.15, 0.2) is 0 Å². The summed E-state index contributed by atoms with van der Waals surface area (Å²) in [6.07, 6.45) is 0.791. The molecule has 1 heterocycles. The molecule has 0 fully saturated rings. The Hall–Kier alpha value is -4.89. The summed E-state index contributed by atoms with van der Waals surface area (Å²) in [5, 5.41) is 6.21. The molecule has 4 aromatic carbocycles. The standard InChI is InChI=1S/C30H26N4O4S/c31-27(35)18-13-20-11-14-22(15-12-20)32-29(21-7-3-1-4-8-21)28-25-19-24(16-17-26(25)33-30(28)36)39(37,38)34-23-9-5-2-6-10-23/h1-12,14-17,19,32,34H,13,18H2,(H2,31,35)(H,33,36)/b29-28-. The second-order valence-corrected chi connectivity index (χ2v) is 10.7. The highest BCUT2D eigenvalue weighted by Gasteiger charge is 2.30. The third-order valence-corrected chi connectivity index (χ3v) is 7.65. The molecule has 1 aliphatic heterocycles. The van der Waals surface area contributed by atoms with Crippen LogP contribution >= 0.6 is 0 Å². The molecule has 0 saturated heterocycles. The van der Waals surface area contributed by atoms with E-state index in [1.165, 1.54) is 12.1 Å². The number of hydrogen-bond donors (Lipinski definition) is 4. The van der Waals surface area contributed by atoms with Crippen LogP contribution in [0.25, 0.3) is 11.3 Å². The Balaban J connectivity index is 1.55. The normalized spacial score (nSPS) is 13.8. The molecule has 0 aromatic heterocycles. The van der Waals surface area contributed by atoms with Crippen molar-refractivity contribution >= 4 is 50.2 Å². The molecule has 5 N–H and O–H groups in total. The Morgan fingerprint density at radius 3 is 2.15 bits per heavy atom. The number of fused-ring (bicyclic) bond motifs is 1. The van der Waals surface area contributed by atoms with Crippen LogP contribution in [0.2, 0.25) is 0 Å². The van der Waals surface area contributed by atoms with Gasteiger partial charge >= 0.3 is 0 Å². The number of para-hydroxylation sites is 1. The van der Waals surface area contributed by atoms with Crippen molar-refractivity contribution in [2.45, 2.75) is 17.7 Å². The first kappa shape index (κ1) is 25.7. The fraction of sp³-hybridized carbons (Fsp3) is 0.0667. The SMILES string of the molecule is NC(=O)CCc1ccc(N/C(=C2\C(=O)Nc3ccc(S(=O)(=O)Nc4ccccc4)cc32)c2ccccc2)cc1. The maximum atomic E-state index is 13.3. The zero-order valence-corrected chi connectivity index (χ0v) is 21.7. The smallest absolute Gasteiger partial charge is 0.261 e. The van der Waals surface area contributed by atoms with E-state index in [9.17, 15) is 18.0 Å². The van der Waals surface area contributed by atoms with Crippen LogP contribution in [0.4, 0.5) is 17.1 Å². The third-order valence-electron chi connectivity index (χ3n) is 6.27. The zero-order valence-electron chi connectivity index (χ0n) is 20.8. The fourth-order valence-electron chi connectivity index (χ4n) is 4.33. The summed E-state index contributed by atoms with van der Waals surface area (Å²) in [6.45, 7) is 0. The average Bonchev–Trinajstić information content (AvgIpc) is 3.26. The van der Waals surface area contributed by atoms with Crippen LogP contribution in [0.5, 0.6) is 0 Å². The Labute approximate surface area is 226 Å². The van der Waals surface area contributed by atoms with Crippen LogP contribution in [0, 0.1) is 0 Å². The molecule has 196 valence electrons. The first-order valence-electron chi connectivity index (χ1n) is 12.3. The molecule has 4 aromatic rings. The maximum absolute atomic E-state index is 13.3. The number of hydrogen-bond acceptors (Lipinski definition) is 5. The molecule has 9 heteroatoms. The first-order chi connectivity index (χ1) is 18.8. The van der Waals surface area contributed by atoms with Gasteiger partial charge in [0.05, 0.1) is 16.2 Å². The van der Waals surface area contributed by atoms with Crippen molar-refractivity contribution in [2.75, 3.05) is 15.4 Å². The maximum Gasteiger partial charge on any atom is 0.261 e. The first-order valence-corrected chi connectivity index (χ1v) is 13.8. The van der Waals surface area contributed by atoms with E-state index < -0.39 is 10.0 Å². The second kappa shape index (κ2) is 10.8. The van der Waals surface area contributed by atoms with Crippen LogP contribution in [0.3, 0.4) is 0 Å². The third kappa shape index (κ3) is 5.83. The highest BCUT2D eigenvalue weighted by Crippen LogP contribution is 2.39. The van der Waals surface area contributed by atoms with Gasteiger partial charge in [0, 0.05) is 29.0 Å². The van der Waals surface area contributed by atoms with Gasteiger partial charge in [0.1, 0.15) is 0 Å². The zero-order chi connectivity index (χ0) is 27.4. The molecule has 0 unspecified atom stereocenters. The highest BCUT2D eigenvalue weighted by molar-refractivity contribution is 7.92. The van der Waals surface area contributed by atoms with Gasteiger partial charge in [0.2, 0.25) is 5.91 Å². The van der Waals surface area contributed by atoms with Crippen molar-refractivity contribution in [1.82, 2.24) is 0 Å². The number of nitrogens with two attached hydrogens (primary N) is 1. The summed E-state index contributed by atoms with van der Waals surface area (Å²) in [7, 11) is -3.91. The number of anilines is 3. The minimum Gasteiger partial charge on any atom is -0.370 e. The van der Waals surface area contributed by atoms with Crippen molar-refractivity contribution in [3.63, 3.8) is 0 Å². The quantitative estimate of drug-likeness (QED) is 0.227. The highest BCUT2D eigenvalue weighted by atomic mass is 32.2. The Morgan fingerprint density at radius 2 is 1.49 bits per heavy atom. The van der Waals surface area contributed by atoms with Crippen molar-refractivity contribution in [1.29, 1.82) is 0 Å². The van der Waals surface area contributed by atoms with E-state index in [0.29, 0.717) is 34.6 Å². The van der Waals surface area contributed by atoms with E-state index in [1.54, 1.807) is 36.4 Å². The number of nitrogens with one attached hydrogen (secondary N) is 3. The number of amides is 2. The molecular formula is C30H26N4O4S. The number of aryl methyl sites for hydroxylation is 1. The predicted octanol–water partition coefficient (Wildman–Crippen LogP) is 4.84. The van der Waals surface area contributed by atoms with Crippen molar-refractivity contribution < 1.29 is 18.0 Å². The minimum atomic E-state index is -3.91. The monoisotopic (exact) mass is 538 g/mol. The average molecular weight is 539 g/mol. The van der Waals surface area contributed by atoms with Crippen LogP contribution in [-0.2, 0) is 26.0 Å². The molecular weight excluding hydrogens is 512 g/mol. The van der Waals surface area contributed by atoms with Gasteiger partial charge in [0.25, 0.3) is 15.9 Å². The van der Waals surface area contributed by atoms with E-state index in [2.05, 4.69) is 15.4 Å². The molecule has 0 spiro atoms. The predicted molar refractivity (Wildman–Crippen MR) is 153 cm³/mol. The van der Waals surface area contributed by atoms with Crippen LogP contribution in [0.15, 0.2) is 108 Å². The van der Waals surface area contributed by atoms with Crippen molar-refractivity contribution in [2.24, 2.45) is 5.73 Å². The summed E-state index contributed by atoms with van der Waals surface area (Å²) in [5.41, 5.74) is 9.98. The van der Waals surface area contributed by atoms with Crippen LogP contribution in [-0.4, -0.2) is 20.2 Å². The number of carbonyl (C=O) groups is 2. The fourth-order valence-corrected chi connectivity index (χ4v) is 5.42. The molecule has 0 saturated carbocycles.